The Morgan fingerprint density at radius 3 is 2.55 bits per heavy atom. The van der Waals surface area contributed by atoms with Crippen molar-refractivity contribution in [3.63, 3.8) is 0 Å². The van der Waals surface area contributed by atoms with Crippen LogP contribution in [0.25, 0.3) is 0 Å². The molecular weight excluding hydrogens is 270 g/mol. The zero-order valence-corrected chi connectivity index (χ0v) is 12.9. The highest BCUT2D eigenvalue weighted by molar-refractivity contribution is 7.09. The second-order valence-corrected chi connectivity index (χ2v) is 6.65. The number of hydrogen-bond acceptors (Lipinski definition) is 5. The minimum atomic E-state index is -0.431. The molecule has 0 saturated carbocycles. The summed E-state index contributed by atoms with van der Waals surface area (Å²) in [6.45, 7) is 6.74. The fourth-order valence-electron chi connectivity index (χ4n) is 1.76. The second kappa shape index (κ2) is 6.33. The molecule has 2 rings (SSSR count). The Labute approximate surface area is 124 Å². The van der Waals surface area contributed by atoms with E-state index >= 15 is 0 Å². The predicted molar refractivity (Wildman–Crippen MR) is 83.3 cm³/mol. The average Bonchev–Trinajstić information content (AvgIpc) is 2.86. The summed E-state index contributed by atoms with van der Waals surface area (Å²) in [7, 11) is 0. The first-order valence-corrected chi connectivity index (χ1v) is 7.52. The Bertz CT molecular complexity index is 534. The third-order valence-corrected chi connectivity index (χ3v) is 3.57. The van der Waals surface area contributed by atoms with Crippen molar-refractivity contribution in [3.05, 3.63) is 41.7 Å². The highest BCUT2D eigenvalue weighted by Gasteiger charge is 2.19. The van der Waals surface area contributed by atoms with E-state index in [1.54, 1.807) is 0 Å². The number of rotatable bonds is 5. The molecule has 0 spiro atoms. The molecule has 0 radical (unpaired) electrons. The van der Waals surface area contributed by atoms with Crippen LogP contribution in [-0.2, 0) is 11.8 Å². The van der Waals surface area contributed by atoms with E-state index in [-0.39, 0.29) is 5.41 Å². The number of benzene rings is 1. The third kappa shape index (κ3) is 4.28. The van der Waals surface area contributed by atoms with Gasteiger partial charge in [-0.15, -0.1) is 0 Å². The van der Waals surface area contributed by atoms with Gasteiger partial charge in [0.1, 0.15) is 5.82 Å². The van der Waals surface area contributed by atoms with Crippen LogP contribution in [0.3, 0.4) is 0 Å². The maximum absolute atomic E-state index is 10.0. The van der Waals surface area contributed by atoms with E-state index < -0.39 is 6.10 Å². The smallest absolute Gasteiger partial charge is 0.202 e. The van der Waals surface area contributed by atoms with Gasteiger partial charge in [-0.2, -0.15) is 4.37 Å². The van der Waals surface area contributed by atoms with Crippen molar-refractivity contribution in [2.45, 2.75) is 38.7 Å². The molecule has 1 unspecified atom stereocenters. The van der Waals surface area contributed by atoms with Crippen LogP contribution < -0.4 is 5.32 Å². The van der Waals surface area contributed by atoms with Gasteiger partial charge in [0.15, 0.2) is 0 Å². The highest BCUT2D eigenvalue weighted by Crippen LogP contribution is 2.22. The molecule has 1 atom stereocenters. The van der Waals surface area contributed by atoms with Gasteiger partial charge in [0.25, 0.3) is 0 Å². The average molecular weight is 291 g/mol. The SMILES string of the molecule is CC(C)(C)c1nsc(NCC(O)Cc2ccccc2)n1. The first-order chi connectivity index (χ1) is 9.45. The van der Waals surface area contributed by atoms with Gasteiger partial charge < -0.3 is 10.4 Å². The zero-order valence-electron chi connectivity index (χ0n) is 12.1. The maximum Gasteiger partial charge on any atom is 0.202 e. The van der Waals surface area contributed by atoms with Gasteiger partial charge in [0, 0.05) is 29.9 Å². The van der Waals surface area contributed by atoms with Crippen LogP contribution >= 0.6 is 11.5 Å². The first-order valence-electron chi connectivity index (χ1n) is 6.75. The number of anilines is 1. The normalized spacial score (nSPS) is 13.2. The molecule has 2 N–H and O–H groups in total. The minimum Gasteiger partial charge on any atom is -0.391 e. The highest BCUT2D eigenvalue weighted by atomic mass is 32.1. The number of nitrogens with zero attached hydrogens (tertiary/aromatic N) is 2. The molecule has 108 valence electrons. The van der Waals surface area contributed by atoms with Gasteiger partial charge in [-0.25, -0.2) is 4.98 Å². The molecule has 1 aromatic carbocycles. The molecule has 0 bridgehead atoms. The summed E-state index contributed by atoms with van der Waals surface area (Å²) < 4.78 is 4.34. The van der Waals surface area contributed by atoms with Gasteiger partial charge in [-0.3, -0.25) is 0 Å². The van der Waals surface area contributed by atoms with E-state index in [0.29, 0.717) is 13.0 Å². The molecule has 4 nitrogen and oxygen atoms in total. The summed E-state index contributed by atoms with van der Waals surface area (Å²) in [5, 5.41) is 13.9. The molecule has 2 aromatic rings. The van der Waals surface area contributed by atoms with Crippen molar-refractivity contribution in [2.24, 2.45) is 0 Å². The molecule has 20 heavy (non-hydrogen) atoms. The van der Waals surface area contributed by atoms with Crippen molar-refractivity contribution in [1.82, 2.24) is 9.36 Å². The number of nitrogens with one attached hydrogen (secondary N) is 1. The Kier molecular flexibility index (Phi) is 4.73. The van der Waals surface area contributed by atoms with Gasteiger partial charge in [0.2, 0.25) is 5.13 Å². The lowest BCUT2D eigenvalue weighted by molar-refractivity contribution is 0.188. The maximum atomic E-state index is 10.0. The molecule has 0 aliphatic heterocycles. The quantitative estimate of drug-likeness (QED) is 0.889. The topological polar surface area (TPSA) is 58.0 Å². The molecular formula is C15H21N3OS. The lowest BCUT2D eigenvalue weighted by Crippen LogP contribution is -2.22. The van der Waals surface area contributed by atoms with Crippen molar-refractivity contribution < 1.29 is 5.11 Å². The van der Waals surface area contributed by atoms with E-state index in [1.165, 1.54) is 11.5 Å². The molecule has 0 aliphatic rings. The Balaban J connectivity index is 1.84. The Morgan fingerprint density at radius 1 is 1.25 bits per heavy atom. The molecule has 1 aromatic heterocycles. The van der Waals surface area contributed by atoms with Gasteiger partial charge in [0.05, 0.1) is 6.10 Å². The van der Waals surface area contributed by atoms with Crippen LogP contribution in [0.4, 0.5) is 5.13 Å². The van der Waals surface area contributed by atoms with Crippen LogP contribution in [0.15, 0.2) is 30.3 Å². The standard InChI is InChI=1S/C15H21N3OS/c1-15(2,3)13-17-14(20-18-13)16-10-12(19)9-11-7-5-4-6-8-11/h4-8,12,19H,9-10H2,1-3H3,(H,16,17,18). The number of hydrogen-bond donors (Lipinski definition) is 2. The van der Waals surface area contributed by atoms with Crippen molar-refractivity contribution in [2.75, 3.05) is 11.9 Å². The van der Waals surface area contributed by atoms with Crippen LogP contribution in [0.2, 0.25) is 0 Å². The minimum absolute atomic E-state index is 0.0426. The first kappa shape index (κ1) is 14.9. The van der Waals surface area contributed by atoms with Gasteiger partial charge in [-0.05, 0) is 5.56 Å². The molecule has 1 heterocycles. The van der Waals surface area contributed by atoms with Crippen LogP contribution in [0.5, 0.6) is 0 Å². The van der Waals surface area contributed by atoms with E-state index in [9.17, 15) is 5.11 Å². The Morgan fingerprint density at radius 2 is 1.95 bits per heavy atom. The monoisotopic (exact) mass is 291 g/mol. The fraction of sp³-hybridized carbons (Fsp3) is 0.467. The summed E-state index contributed by atoms with van der Waals surface area (Å²) in [5.41, 5.74) is 1.09. The predicted octanol–water partition coefficient (Wildman–Crippen LogP) is 2.85. The van der Waals surface area contributed by atoms with E-state index in [4.69, 9.17) is 0 Å². The van der Waals surface area contributed by atoms with Gasteiger partial charge in [-0.1, -0.05) is 51.1 Å². The lowest BCUT2D eigenvalue weighted by atomic mass is 9.96. The lowest BCUT2D eigenvalue weighted by Gasteiger charge is -2.13. The fourth-order valence-corrected chi connectivity index (χ4v) is 2.53. The third-order valence-electron chi connectivity index (χ3n) is 2.90. The molecule has 0 fully saturated rings. The van der Waals surface area contributed by atoms with Crippen molar-refractivity contribution in [3.8, 4) is 0 Å². The number of aromatic nitrogens is 2. The molecule has 0 amide bonds. The van der Waals surface area contributed by atoms with Crippen LogP contribution in [0.1, 0.15) is 32.2 Å². The van der Waals surface area contributed by atoms with Crippen molar-refractivity contribution >= 4 is 16.7 Å². The summed E-state index contributed by atoms with van der Waals surface area (Å²) in [5.74, 6) is 0.836. The van der Waals surface area contributed by atoms with E-state index in [2.05, 4.69) is 35.4 Å². The largest absolute Gasteiger partial charge is 0.391 e. The zero-order chi connectivity index (χ0) is 14.6. The van der Waals surface area contributed by atoms with Gasteiger partial charge >= 0.3 is 0 Å². The summed E-state index contributed by atoms with van der Waals surface area (Å²) >= 11 is 1.34. The molecule has 0 saturated heterocycles. The van der Waals surface area contributed by atoms with Crippen molar-refractivity contribution in [1.29, 1.82) is 0 Å². The Hall–Kier alpha value is -1.46. The van der Waals surface area contributed by atoms with E-state index in [1.807, 2.05) is 30.3 Å². The second-order valence-electron chi connectivity index (χ2n) is 5.90. The van der Waals surface area contributed by atoms with E-state index in [0.717, 1.165) is 16.5 Å². The number of aliphatic hydroxyl groups excluding tert-OH is 1. The molecule has 0 aliphatic carbocycles. The summed E-state index contributed by atoms with van der Waals surface area (Å²) in [6, 6.07) is 9.98. The van der Waals surface area contributed by atoms with Crippen LogP contribution in [0, 0.1) is 0 Å². The summed E-state index contributed by atoms with van der Waals surface area (Å²) in [6.07, 6.45) is 0.207. The number of aliphatic hydroxyl groups is 1. The van der Waals surface area contributed by atoms with Crippen LogP contribution in [-0.4, -0.2) is 27.1 Å². The summed E-state index contributed by atoms with van der Waals surface area (Å²) in [4.78, 5) is 4.45. The molecule has 5 heteroatoms.